The number of hydrogen-bond donors (Lipinski definition) is 1. The predicted octanol–water partition coefficient (Wildman–Crippen LogP) is 0.0596. The fourth-order valence-corrected chi connectivity index (χ4v) is 0.903. The maximum absolute atomic E-state index is 10.9. The molecule has 1 aromatic rings. The molecule has 0 fully saturated rings. The van der Waals surface area contributed by atoms with Crippen molar-refractivity contribution in [1.29, 1.82) is 0 Å². The van der Waals surface area contributed by atoms with Gasteiger partial charge < -0.3 is 5.32 Å². The van der Waals surface area contributed by atoms with Crippen LogP contribution in [0.25, 0.3) is 0 Å². The largest absolute Gasteiger partial charge is 0.340 e. The van der Waals surface area contributed by atoms with Gasteiger partial charge in [0.25, 0.3) is 5.91 Å². The van der Waals surface area contributed by atoms with Crippen LogP contribution in [0.2, 0.25) is 0 Å². The first-order valence-electron chi connectivity index (χ1n) is 3.91. The van der Waals surface area contributed by atoms with Crippen LogP contribution in [0.1, 0.15) is 12.6 Å². The minimum absolute atomic E-state index is 0.260. The van der Waals surface area contributed by atoms with E-state index >= 15 is 0 Å². The van der Waals surface area contributed by atoms with Gasteiger partial charge in [-0.25, -0.2) is 0 Å². The molecule has 0 aliphatic rings. The van der Waals surface area contributed by atoms with Crippen molar-refractivity contribution in [2.24, 2.45) is 7.05 Å². The van der Waals surface area contributed by atoms with Crippen molar-refractivity contribution >= 4 is 5.91 Å². The Hall–Kier alpha value is -1.76. The zero-order valence-corrected chi connectivity index (χ0v) is 7.66. The summed E-state index contributed by atoms with van der Waals surface area (Å²) in [5.41, 5.74) is 0.950. The molecule has 0 aromatic carbocycles. The zero-order valence-electron chi connectivity index (χ0n) is 7.66. The number of rotatable bonds is 2. The van der Waals surface area contributed by atoms with E-state index in [9.17, 15) is 4.79 Å². The molecule has 0 saturated carbocycles. The third-order valence-corrected chi connectivity index (χ3v) is 1.59. The van der Waals surface area contributed by atoms with E-state index < -0.39 is 0 Å². The number of carbonyl (C=O) groups excluding carboxylic acids is 1. The average Bonchev–Trinajstić information content (AvgIpc) is 2.48. The Morgan fingerprint density at radius 3 is 3.08 bits per heavy atom. The Kier molecular flexibility index (Phi) is 3.09. The monoisotopic (exact) mass is 177 g/mol. The van der Waals surface area contributed by atoms with Gasteiger partial charge in [0.05, 0.1) is 12.2 Å². The molecule has 4 nitrogen and oxygen atoms in total. The molecule has 0 atom stereocenters. The van der Waals surface area contributed by atoms with E-state index in [1.165, 1.54) is 0 Å². The molecule has 0 aliphatic carbocycles. The van der Waals surface area contributed by atoms with Gasteiger partial charge in [0.1, 0.15) is 0 Å². The van der Waals surface area contributed by atoms with Crippen LogP contribution in [0, 0.1) is 11.8 Å². The zero-order chi connectivity index (χ0) is 9.68. The second kappa shape index (κ2) is 4.31. The van der Waals surface area contributed by atoms with Crippen molar-refractivity contribution in [1.82, 2.24) is 15.1 Å². The number of nitrogens with zero attached hydrogens (tertiary/aromatic N) is 2. The van der Waals surface area contributed by atoms with E-state index in [1.807, 2.05) is 13.1 Å². The molecule has 4 heteroatoms. The van der Waals surface area contributed by atoms with Crippen molar-refractivity contribution in [3.63, 3.8) is 0 Å². The highest BCUT2D eigenvalue weighted by Crippen LogP contribution is 1.94. The lowest BCUT2D eigenvalue weighted by Crippen LogP contribution is -2.22. The minimum Gasteiger partial charge on any atom is -0.340 e. The van der Waals surface area contributed by atoms with Crippen molar-refractivity contribution in [3.8, 4) is 11.8 Å². The van der Waals surface area contributed by atoms with Gasteiger partial charge in [0.15, 0.2) is 0 Å². The maximum atomic E-state index is 10.9. The summed E-state index contributed by atoms with van der Waals surface area (Å²) in [7, 11) is 1.83. The lowest BCUT2D eigenvalue weighted by molar-refractivity contribution is -0.115. The molecule has 1 amide bonds. The fraction of sp³-hybridized carbons (Fsp3) is 0.333. The highest BCUT2D eigenvalue weighted by Gasteiger charge is 1.99. The van der Waals surface area contributed by atoms with Crippen LogP contribution in [-0.4, -0.2) is 15.7 Å². The summed E-state index contributed by atoms with van der Waals surface area (Å²) in [4.78, 5) is 10.9. The van der Waals surface area contributed by atoms with Gasteiger partial charge in [-0.1, -0.05) is 5.92 Å². The summed E-state index contributed by atoms with van der Waals surface area (Å²) in [6, 6.07) is 1.85. The molecule has 0 radical (unpaired) electrons. The number of aromatic nitrogens is 2. The third kappa shape index (κ3) is 2.64. The van der Waals surface area contributed by atoms with Gasteiger partial charge in [0.2, 0.25) is 0 Å². The molecular formula is C9H11N3O. The third-order valence-electron chi connectivity index (χ3n) is 1.59. The van der Waals surface area contributed by atoms with Crippen LogP contribution in [0.5, 0.6) is 0 Å². The summed E-state index contributed by atoms with van der Waals surface area (Å²) in [6.45, 7) is 2.09. The van der Waals surface area contributed by atoms with Gasteiger partial charge >= 0.3 is 0 Å². The topological polar surface area (TPSA) is 46.9 Å². The second-order valence-corrected chi connectivity index (χ2v) is 2.50. The van der Waals surface area contributed by atoms with E-state index in [4.69, 9.17) is 0 Å². The number of hydrogen-bond acceptors (Lipinski definition) is 2. The molecule has 0 bridgehead atoms. The average molecular weight is 177 g/mol. The summed E-state index contributed by atoms with van der Waals surface area (Å²) in [6.07, 6.45) is 1.69. The Morgan fingerprint density at radius 2 is 2.54 bits per heavy atom. The molecule has 1 rings (SSSR count). The molecule has 1 aromatic heterocycles. The molecule has 1 N–H and O–H groups in total. The maximum Gasteiger partial charge on any atom is 0.296 e. The normalized spacial score (nSPS) is 8.77. The van der Waals surface area contributed by atoms with Crippen LogP contribution < -0.4 is 5.32 Å². The van der Waals surface area contributed by atoms with Gasteiger partial charge in [-0.2, -0.15) is 5.10 Å². The van der Waals surface area contributed by atoms with Crippen LogP contribution in [0.4, 0.5) is 0 Å². The molecule has 1 heterocycles. The number of carbonyl (C=O) groups is 1. The van der Waals surface area contributed by atoms with Crippen molar-refractivity contribution in [2.45, 2.75) is 13.5 Å². The van der Waals surface area contributed by atoms with E-state index in [2.05, 4.69) is 22.3 Å². The van der Waals surface area contributed by atoms with Gasteiger partial charge in [-0.15, -0.1) is 0 Å². The van der Waals surface area contributed by atoms with Crippen molar-refractivity contribution < 1.29 is 4.79 Å². The first-order chi connectivity index (χ1) is 6.24. The Labute approximate surface area is 76.9 Å². The van der Waals surface area contributed by atoms with Crippen LogP contribution in [0.15, 0.2) is 12.3 Å². The molecule has 0 unspecified atom stereocenters. The SMILES string of the molecule is CC#CC(=O)NCc1ccnn1C. The number of amides is 1. The smallest absolute Gasteiger partial charge is 0.296 e. The summed E-state index contributed by atoms with van der Waals surface area (Å²) < 4.78 is 1.71. The lowest BCUT2D eigenvalue weighted by atomic mass is 10.4. The van der Waals surface area contributed by atoms with E-state index in [1.54, 1.807) is 17.8 Å². The second-order valence-electron chi connectivity index (χ2n) is 2.50. The number of aryl methyl sites for hydroxylation is 1. The molecule has 68 valence electrons. The summed E-state index contributed by atoms with van der Waals surface area (Å²) in [5, 5.41) is 6.62. The minimum atomic E-state index is -0.260. The molecule has 0 aliphatic heterocycles. The fourth-order valence-electron chi connectivity index (χ4n) is 0.903. The Bertz CT molecular complexity index is 356. The molecular weight excluding hydrogens is 166 g/mol. The standard InChI is InChI=1S/C9H11N3O/c1-3-4-9(13)10-7-8-5-6-11-12(8)2/h5-6H,7H2,1-2H3,(H,10,13). The quantitative estimate of drug-likeness (QED) is 0.649. The summed E-state index contributed by atoms with van der Waals surface area (Å²) in [5.74, 6) is 4.66. The van der Waals surface area contributed by atoms with E-state index in [0.29, 0.717) is 6.54 Å². The van der Waals surface area contributed by atoms with Gasteiger partial charge in [0, 0.05) is 13.2 Å². The molecule has 13 heavy (non-hydrogen) atoms. The first kappa shape index (κ1) is 9.33. The predicted molar refractivity (Wildman–Crippen MR) is 48.5 cm³/mol. The molecule has 0 spiro atoms. The number of nitrogens with one attached hydrogen (secondary N) is 1. The first-order valence-corrected chi connectivity index (χ1v) is 3.91. The van der Waals surface area contributed by atoms with Crippen molar-refractivity contribution in [3.05, 3.63) is 18.0 Å². The van der Waals surface area contributed by atoms with Crippen molar-refractivity contribution in [2.75, 3.05) is 0 Å². The Morgan fingerprint density at radius 1 is 1.77 bits per heavy atom. The van der Waals surface area contributed by atoms with E-state index in [0.717, 1.165) is 5.69 Å². The summed E-state index contributed by atoms with van der Waals surface area (Å²) >= 11 is 0. The van der Waals surface area contributed by atoms with Crippen LogP contribution >= 0.6 is 0 Å². The molecule has 0 saturated heterocycles. The van der Waals surface area contributed by atoms with Crippen LogP contribution in [0.3, 0.4) is 0 Å². The van der Waals surface area contributed by atoms with Gasteiger partial charge in [-0.05, 0) is 18.9 Å². The Balaban J connectivity index is 2.47. The van der Waals surface area contributed by atoms with Crippen LogP contribution in [-0.2, 0) is 18.4 Å². The lowest BCUT2D eigenvalue weighted by Gasteiger charge is -2.00. The van der Waals surface area contributed by atoms with E-state index in [-0.39, 0.29) is 5.91 Å². The highest BCUT2D eigenvalue weighted by atomic mass is 16.1. The highest BCUT2D eigenvalue weighted by molar-refractivity contribution is 5.93. The van der Waals surface area contributed by atoms with Gasteiger partial charge in [-0.3, -0.25) is 9.48 Å².